The van der Waals surface area contributed by atoms with E-state index in [0.29, 0.717) is 24.4 Å². The van der Waals surface area contributed by atoms with Crippen molar-refractivity contribution in [2.75, 3.05) is 32.6 Å². The summed E-state index contributed by atoms with van der Waals surface area (Å²) in [5, 5.41) is 2.87. The van der Waals surface area contributed by atoms with Gasteiger partial charge in [0.15, 0.2) is 0 Å². The molecule has 1 saturated carbocycles. The third kappa shape index (κ3) is 5.23. The summed E-state index contributed by atoms with van der Waals surface area (Å²) in [6.07, 6.45) is 1.89. The number of benzene rings is 2. The van der Waals surface area contributed by atoms with Crippen molar-refractivity contribution in [2.24, 2.45) is 5.92 Å². The van der Waals surface area contributed by atoms with Gasteiger partial charge in [0, 0.05) is 24.2 Å². The summed E-state index contributed by atoms with van der Waals surface area (Å²) < 4.78 is 10.8. The number of likely N-dealkylation sites (N-methyl/N-ethyl adjacent to an activating group) is 1. The summed E-state index contributed by atoms with van der Waals surface area (Å²) in [7, 11) is 3.35. The molecule has 6 nitrogen and oxygen atoms in total. The molecule has 0 saturated heterocycles. The van der Waals surface area contributed by atoms with Gasteiger partial charge in [-0.3, -0.25) is 9.59 Å². The van der Waals surface area contributed by atoms with E-state index in [0.717, 1.165) is 24.3 Å². The number of hydrogen-bond acceptors (Lipinski definition) is 4. The summed E-state index contributed by atoms with van der Waals surface area (Å²) in [4.78, 5) is 26.1. The lowest BCUT2D eigenvalue weighted by molar-refractivity contribution is -0.117. The maximum atomic E-state index is 12.6. The van der Waals surface area contributed by atoms with E-state index in [9.17, 15) is 9.59 Å². The summed E-state index contributed by atoms with van der Waals surface area (Å²) in [6, 6.07) is 14.3. The Morgan fingerprint density at radius 3 is 2.48 bits per heavy atom. The van der Waals surface area contributed by atoms with Gasteiger partial charge in [0.25, 0.3) is 5.91 Å². The van der Waals surface area contributed by atoms with Crippen molar-refractivity contribution in [2.45, 2.75) is 12.8 Å². The number of carbonyl (C=O) groups excluding carboxylic acids is 2. The number of nitrogens with zero attached hydrogens (tertiary/aromatic N) is 1. The quantitative estimate of drug-likeness (QED) is 0.777. The van der Waals surface area contributed by atoms with E-state index in [1.54, 1.807) is 43.3 Å². The van der Waals surface area contributed by atoms with Crippen LogP contribution in [0.2, 0.25) is 0 Å². The van der Waals surface area contributed by atoms with Crippen molar-refractivity contribution in [3.8, 4) is 11.5 Å². The summed E-state index contributed by atoms with van der Waals surface area (Å²) >= 11 is 0. The van der Waals surface area contributed by atoms with Crippen LogP contribution in [0.4, 0.5) is 5.69 Å². The molecule has 2 amide bonds. The van der Waals surface area contributed by atoms with Crippen molar-refractivity contribution in [3.63, 3.8) is 0 Å². The Labute approximate surface area is 159 Å². The molecule has 0 aromatic heterocycles. The maximum absolute atomic E-state index is 12.6. The fraction of sp³-hybridized carbons (Fsp3) is 0.333. The number of rotatable bonds is 8. The molecule has 0 heterocycles. The zero-order valence-corrected chi connectivity index (χ0v) is 15.6. The van der Waals surface area contributed by atoms with Gasteiger partial charge in [-0.25, -0.2) is 0 Å². The third-order valence-electron chi connectivity index (χ3n) is 4.43. The lowest BCUT2D eigenvalue weighted by Crippen LogP contribution is -2.31. The number of hydrogen-bond donors (Lipinski definition) is 1. The van der Waals surface area contributed by atoms with Gasteiger partial charge in [0.1, 0.15) is 18.1 Å². The smallest absolute Gasteiger partial charge is 0.253 e. The number of amides is 2. The fourth-order valence-electron chi connectivity index (χ4n) is 2.61. The van der Waals surface area contributed by atoms with Crippen LogP contribution < -0.4 is 14.8 Å². The first-order chi connectivity index (χ1) is 13.1. The van der Waals surface area contributed by atoms with E-state index in [1.165, 1.54) is 0 Å². The zero-order chi connectivity index (χ0) is 19.2. The van der Waals surface area contributed by atoms with Crippen LogP contribution in [0.3, 0.4) is 0 Å². The number of methoxy groups -OCH3 is 1. The maximum Gasteiger partial charge on any atom is 0.253 e. The molecular weight excluding hydrogens is 344 g/mol. The highest BCUT2D eigenvalue weighted by Crippen LogP contribution is 2.30. The molecule has 2 aromatic rings. The minimum atomic E-state index is -0.115. The molecule has 2 aromatic carbocycles. The van der Waals surface area contributed by atoms with Crippen molar-refractivity contribution in [1.82, 2.24) is 4.90 Å². The zero-order valence-electron chi connectivity index (χ0n) is 15.6. The summed E-state index contributed by atoms with van der Waals surface area (Å²) in [5.74, 6) is 1.53. The number of ether oxygens (including phenoxy) is 2. The van der Waals surface area contributed by atoms with Gasteiger partial charge in [0.05, 0.1) is 13.7 Å². The van der Waals surface area contributed by atoms with Crippen LogP contribution in [0.1, 0.15) is 23.2 Å². The Balaban J connectivity index is 1.50. The van der Waals surface area contributed by atoms with Gasteiger partial charge in [-0.2, -0.15) is 0 Å². The molecule has 142 valence electrons. The molecule has 6 heteroatoms. The highest BCUT2D eigenvalue weighted by atomic mass is 16.5. The number of anilines is 1. The second-order valence-electron chi connectivity index (χ2n) is 6.60. The Bertz CT molecular complexity index is 800. The second kappa shape index (κ2) is 8.58. The van der Waals surface area contributed by atoms with Gasteiger partial charge in [-0.15, -0.1) is 0 Å². The van der Waals surface area contributed by atoms with E-state index < -0.39 is 0 Å². The van der Waals surface area contributed by atoms with Crippen molar-refractivity contribution >= 4 is 17.5 Å². The average molecular weight is 368 g/mol. The van der Waals surface area contributed by atoms with Crippen LogP contribution in [0, 0.1) is 5.92 Å². The predicted octanol–water partition coefficient (Wildman–Crippen LogP) is 3.19. The van der Waals surface area contributed by atoms with Gasteiger partial charge in [-0.1, -0.05) is 6.07 Å². The average Bonchev–Trinajstić information content (AvgIpc) is 3.53. The van der Waals surface area contributed by atoms with Gasteiger partial charge in [0.2, 0.25) is 5.91 Å². The lowest BCUT2D eigenvalue weighted by Gasteiger charge is -2.18. The molecule has 3 rings (SSSR count). The van der Waals surface area contributed by atoms with Crippen LogP contribution in [0.5, 0.6) is 11.5 Å². The summed E-state index contributed by atoms with van der Waals surface area (Å²) in [6.45, 7) is 0.830. The fourth-order valence-corrected chi connectivity index (χ4v) is 2.61. The summed E-state index contributed by atoms with van der Waals surface area (Å²) in [5.41, 5.74) is 1.19. The molecule has 1 aliphatic rings. The van der Waals surface area contributed by atoms with Crippen LogP contribution >= 0.6 is 0 Å². The molecule has 0 unspecified atom stereocenters. The van der Waals surface area contributed by atoms with E-state index in [2.05, 4.69) is 5.32 Å². The van der Waals surface area contributed by atoms with E-state index in [-0.39, 0.29) is 17.7 Å². The predicted molar refractivity (Wildman–Crippen MR) is 103 cm³/mol. The number of nitrogens with one attached hydrogen (secondary N) is 1. The van der Waals surface area contributed by atoms with Gasteiger partial charge >= 0.3 is 0 Å². The van der Waals surface area contributed by atoms with E-state index in [4.69, 9.17) is 9.47 Å². The molecule has 27 heavy (non-hydrogen) atoms. The van der Waals surface area contributed by atoms with E-state index >= 15 is 0 Å². The van der Waals surface area contributed by atoms with Crippen LogP contribution in [-0.4, -0.2) is 44.0 Å². The topological polar surface area (TPSA) is 67.9 Å². The first-order valence-corrected chi connectivity index (χ1v) is 9.00. The minimum absolute atomic E-state index is 0.0286. The Morgan fingerprint density at radius 1 is 1.11 bits per heavy atom. The monoisotopic (exact) mass is 368 g/mol. The second-order valence-corrected chi connectivity index (χ2v) is 6.60. The normalized spacial score (nSPS) is 13.0. The first-order valence-electron chi connectivity index (χ1n) is 9.00. The van der Waals surface area contributed by atoms with E-state index in [1.807, 2.05) is 24.3 Å². The van der Waals surface area contributed by atoms with Crippen molar-refractivity contribution < 1.29 is 19.1 Å². The van der Waals surface area contributed by atoms with Crippen LogP contribution in [-0.2, 0) is 4.79 Å². The standard InChI is InChI=1S/C21H24N2O4/c1-23(12-13-27-19-10-8-18(26-2)9-11-19)21(25)16-4-3-5-17(14-16)22-20(24)15-6-7-15/h3-5,8-11,14-15H,6-7,12-13H2,1-2H3,(H,22,24). The molecule has 0 aliphatic heterocycles. The molecule has 1 aliphatic carbocycles. The SMILES string of the molecule is COc1ccc(OCCN(C)C(=O)c2cccc(NC(=O)C3CC3)c2)cc1. The molecular formula is C21H24N2O4. The molecule has 0 radical (unpaired) electrons. The Morgan fingerprint density at radius 2 is 1.81 bits per heavy atom. The molecule has 0 bridgehead atoms. The first kappa shape index (κ1) is 18.8. The largest absolute Gasteiger partial charge is 0.497 e. The molecule has 1 N–H and O–H groups in total. The Kier molecular flexibility index (Phi) is 5.96. The molecule has 1 fully saturated rings. The van der Waals surface area contributed by atoms with Gasteiger partial charge < -0.3 is 19.7 Å². The van der Waals surface area contributed by atoms with Crippen molar-refractivity contribution in [1.29, 1.82) is 0 Å². The highest BCUT2D eigenvalue weighted by Gasteiger charge is 2.29. The lowest BCUT2D eigenvalue weighted by atomic mass is 10.1. The molecule has 0 atom stereocenters. The third-order valence-corrected chi connectivity index (χ3v) is 4.43. The van der Waals surface area contributed by atoms with Gasteiger partial charge in [-0.05, 0) is 55.3 Å². The van der Waals surface area contributed by atoms with Crippen molar-refractivity contribution in [3.05, 3.63) is 54.1 Å². The molecule has 0 spiro atoms. The highest BCUT2D eigenvalue weighted by molar-refractivity contribution is 5.98. The van der Waals surface area contributed by atoms with Crippen LogP contribution in [0.15, 0.2) is 48.5 Å². The minimum Gasteiger partial charge on any atom is -0.497 e. The Hall–Kier alpha value is -3.02. The van der Waals surface area contributed by atoms with Crippen LogP contribution in [0.25, 0.3) is 0 Å². The number of carbonyl (C=O) groups is 2.